The number of rotatable bonds is 13. The molecule has 3 aliphatic rings. The molecule has 2 saturated heterocycles. The number of phenolic OH excluding ortho intramolecular Hbond substituents is 1. The van der Waals surface area contributed by atoms with Gasteiger partial charge in [-0.1, -0.05) is 51.1 Å². The number of amidine groups is 1. The lowest BCUT2D eigenvalue weighted by Gasteiger charge is -2.36. The zero-order valence-corrected chi connectivity index (χ0v) is 28.8. The largest absolute Gasteiger partial charge is 0.508 e. The normalized spacial score (nSPS) is 21.6. The fraction of sp³-hybridized carbons (Fsp3) is 0.526. The quantitative estimate of drug-likeness (QED) is 0.174. The molecular formula is C38H53N5O3. The van der Waals surface area contributed by atoms with E-state index in [1.807, 2.05) is 39.1 Å². The number of aliphatic imine (C=N–C) groups is 1. The third kappa shape index (κ3) is 6.74. The van der Waals surface area contributed by atoms with Crippen LogP contribution < -0.4 is 10.1 Å². The van der Waals surface area contributed by atoms with E-state index in [2.05, 4.69) is 41.6 Å². The van der Waals surface area contributed by atoms with Crippen LogP contribution in [0.3, 0.4) is 0 Å². The fourth-order valence-corrected chi connectivity index (χ4v) is 7.59. The Morgan fingerprint density at radius 1 is 1.26 bits per heavy atom. The van der Waals surface area contributed by atoms with Crippen LogP contribution in [-0.2, 0) is 4.74 Å². The average Bonchev–Trinajstić information content (AvgIpc) is 3.57. The predicted molar refractivity (Wildman–Crippen MR) is 190 cm³/mol. The molecular weight excluding hydrogens is 574 g/mol. The lowest BCUT2D eigenvalue weighted by molar-refractivity contribution is 0.0966. The maximum absolute atomic E-state index is 10.6. The summed E-state index contributed by atoms with van der Waals surface area (Å²) in [7, 11) is 3.64. The minimum atomic E-state index is 0.0739. The van der Waals surface area contributed by atoms with E-state index < -0.39 is 0 Å². The van der Waals surface area contributed by atoms with Crippen LogP contribution in [0.15, 0.2) is 48.0 Å². The first-order valence-electron chi connectivity index (χ1n) is 17.1. The van der Waals surface area contributed by atoms with Crippen LogP contribution >= 0.6 is 0 Å². The Bertz CT molecular complexity index is 1510. The van der Waals surface area contributed by atoms with Gasteiger partial charge >= 0.3 is 0 Å². The SMILES string of the molecule is C=C1c2c(OC)nc(-c3cc(O)ccc3/C(=C\C=C/C)CC)c(C)c2N=C(OCC23CCCN2CC(C)C3)N1CCCCCNC. The number of methoxy groups -OCH3 is 1. The van der Waals surface area contributed by atoms with Crippen LogP contribution in [0.5, 0.6) is 11.6 Å². The van der Waals surface area contributed by atoms with E-state index in [1.165, 1.54) is 6.42 Å². The predicted octanol–water partition coefficient (Wildman–Crippen LogP) is 7.70. The van der Waals surface area contributed by atoms with E-state index in [4.69, 9.17) is 19.5 Å². The van der Waals surface area contributed by atoms with Gasteiger partial charge in [0.1, 0.15) is 12.4 Å². The number of hydrogen-bond acceptors (Lipinski definition) is 8. The molecule has 8 heteroatoms. The molecule has 248 valence electrons. The molecule has 0 bridgehead atoms. The molecule has 3 aliphatic heterocycles. The van der Waals surface area contributed by atoms with E-state index in [0.29, 0.717) is 24.4 Å². The topological polar surface area (TPSA) is 82.4 Å². The lowest BCUT2D eigenvalue weighted by Crippen LogP contribution is -2.45. The minimum absolute atomic E-state index is 0.0739. The Hall–Kier alpha value is -3.62. The zero-order chi connectivity index (χ0) is 32.8. The summed E-state index contributed by atoms with van der Waals surface area (Å²) in [5.74, 6) is 1.33. The molecule has 46 heavy (non-hydrogen) atoms. The van der Waals surface area contributed by atoms with Crippen molar-refractivity contribution in [2.45, 2.75) is 78.2 Å². The number of aromatic hydroxyl groups is 1. The first-order chi connectivity index (χ1) is 22.3. The van der Waals surface area contributed by atoms with E-state index in [9.17, 15) is 5.11 Å². The van der Waals surface area contributed by atoms with Gasteiger partial charge < -0.3 is 19.9 Å². The number of ether oxygens (including phenoxy) is 2. The first-order valence-corrected chi connectivity index (χ1v) is 17.1. The fourth-order valence-electron chi connectivity index (χ4n) is 7.59. The number of aromatic nitrogens is 1. The number of allylic oxidation sites excluding steroid dienone is 4. The molecule has 0 aliphatic carbocycles. The third-order valence-corrected chi connectivity index (χ3v) is 9.88. The number of pyridine rings is 1. The van der Waals surface area contributed by atoms with Gasteiger partial charge in [-0.05, 0) is 102 Å². The number of benzene rings is 1. The maximum Gasteiger partial charge on any atom is 0.297 e. The summed E-state index contributed by atoms with van der Waals surface area (Å²) >= 11 is 0. The highest BCUT2D eigenvalue weighted by molar-refractivity contribution is 5.97. The monoisotopic (exact) mass is 627 g/mol. The Morgan fingerprint density at radius 2 is 2.09 bits per heavy atom. The van der Waals surface area contributed by atoms with Crippen LogP contribution in [-0.4, -0.2) is 78.4 Å². The van der Waals surface area contributed by atoms with E-state index in [1.54, 1.807) is 19.2 Å². The molecule has 0 spiro atoms. The highest BCUT2D eigenvalue weighted by atomic mass is 16.5. The van der Waals surface area contributed by atoms with Crippen LogP contribution in [0.1, 0.15) is 82.4 Å². The maximum atomic E-state index is 10.6. The number of unbranched alkanes of at least 4 members (excludes halogenated alkanes) is 2. The standard InChI is InChI=1S/C38H53N5O3/c1-8-10-15-29(9-2)31-17-16-30(44)22-32(31)34-27(4)35-33(36(40-34)45-7)28(5)43(21-13-11-12-19-39-6)37(41-35)46-25-38-18-14-20-42(38)24-26(3)23-38/h8,10,15-17,22,26,39,44H,5,9,11-14,18-21,23-25H2,1-4,6-7H3/b10-8-,29-15-. The van der Waals surface area contributed by atoms with Crippen molar-refractivity contribution in [3.63, 3.8) is 0 Å². The smallest absolute Gasteiger partial charge is 0.297 e. The second kappa shape index (κ2) is 14.9. The van der Waals surface area contributed by atoms with Crippen molar-refractivity contribution in [2.24, 2.45) is 10.9 Å². The summed E-state index contributed by atoms with van der Waals surface area (Å²) in [5, 5.41) is 13.9. The Balaban J connectivity index is 1.60. The minimum Gasteiger partial charge on any atom is -0.508 e. The van der Waals surface area contributed by atoms with Crippen LogP contribution in [0.2, 0.25) is 0 Å². The molecule has 2 N–H and O–H groups in total. The average molecular weight is 628 g/mol. The highest BCUT2D eigenvalue weighted by Crippen LogP contribution is 2.47. The molecule has 4 heterocycles. The van der Waals surface area contributed by atoms with Gasteiger partial charge in [-0.2, -0.15) is 4.99 Å². The third-order valence-electron chi connectivity index (χ3n) is 9.88. The molecule has 2 unspecified atom stereocenters. The van der Waals surface area contributed by atoms with E-state index in [0.717, 1.165) is 110 Å². The molecule has 0 saturated carbocycles. The molecule has 1 aromatic carbocycles. The number of nitrogens with zero attached hydrogens (tertiary/aromatic N) is 4. The zero-order valence-electron chi connectivity index (χ0n) is 28.8. The van der Waals surface area contributed by atoms with Crippen molar-refractivity contribution >= 4 is 23.0 Å². The summed E-state index contributed by atoms with van der Waals surface area (Å²) < 4.78 is 12.8. The number of hydrogen-bond donors (Lipinski definition) is 2. The van der Waals surface area contributed by atoms with Crippen molar-refractivity contribution in [1.29, 1.82) is 0 Å². The van der Waals surface area contributed by atoms with Gasteiger partial charge in [-0.15, -0.1) is 0 Å². The Morgan fingerprint density at radius 3 is 2.83 bits per heavy atom. The number of fused-ring (bicyclic) bond motifs is 2. The molecule has 2 atom stereocenters. The number of nitrogens with one attached hydrogen (secondary N) is 1. The molecule has 0 radical (unpaired) electrons. The number of phenols is 1. The van der Waals surface area contributed by atoms with Crippen molar-refractivity contribution in [3.8, 4) is 22.9 Å². The first kappa shape index (κ1) is 33.7. The van der Waals surface area contributed by atoms with E-state index >= 15 is 0 Å². The second-order valence-corrected chi connectivity index (χ2v) is 13.1. The summed E-state index contributed by atoms with van der Waals surface area (Å²) in [6.45, 7) is 17.8. The van der Waals surface area contributed by atoms with Gasteiger partial charge in [0.15, 0.2) is 0 Å². The summed E-state index contributed by atoms with van der Waals surface area (Å²) in [6, 6.07) is 6.10. The highest BCUT2D eigenvalue weighted by Gasteiger charge is 2.48. The van der Waals surface area contributed by atoms with Gasteiger partial charge in [-0.3, -0.25) is 9.80 Å². The van der Waals surface area contributed by atoms with Gasteiger partial charge in [0.25, 0.3) is 6.02 Å². The lowest BCUT2D eigenvalue weighted by atomic mass is 9.91. The van der Waals surface area contributed by atoms with Crippen molar-refractivity contribution < 1.29 is 14.6 Å². The van der Waals surface area contributed by atoms with Gasteiger partial charge in [0, 0.05) is 24.2 Å². The van der Waals surface area contributed by atoms with E-state index in [-0.39, 0.29) is 11.3 Å². The second-order valence-electron chi connectivity index (χ2n) is 13.1. The Labute approximate surface area is 275 Å². The summed E-state index contributed by atoms with van der Waals surface area (Å²) in [4.78, 5) is 15.1. The molecule has 0 amide bonds. The van der Waals surface area contributed by atoms with Crippen LogP contribution in [0, 0.1) is 12.8 Å². The van der Waals surface area contributed by atoms with Crippen LogP contribution in [0.4, 0.5) is 5.69 Å². The summed E-state index contributed by atoms with van der Waals surface area (Å²) in [6.07, 6.45) is 13.7. The molecule has 2 aromatic rings. The van der Waals surface area contributed by atoms with Gasteiger partial charge in [0.2, 0.25) is 5.88 Å². The molecule has 5 rings (SSSR count). The van der Waals surface area contributed by atoms with Crippen LogP contribution in [0.25, 0.3) is 22.5 Å². The van der Waals surface area contributed by atoms with Crippen molar-refractivity contribution in [2.75, 3.05) is 46.9 Å². The molecule has 8 nitrogen and oxygen atoms in total. The van der Waals surface area contributed by atoms with Gasteiger partial charge in [-0.25, -0.2) is 4.98 Å². The summed E-state index contributed by atoms with van der Waals surface area (Å²) in [5.41, 5.74) is 7.06. The Kier molecular flexibility index (Phi) is 10.9. The van der Waals surface area contributed by atoms with Gasteiger partial charge in [0.05, 0.1) is 35.3 Å². The van der Waals surface area contributed by atoms with Crippen molar-refractivity contribution in [3.05, 3.63) is 59.7 Å². The molecule has 2 fully saturated rings. The van der Waals surface area contributed by atoms with Crippen molar-refractivity contribution in [1.82, 2.24) is 20.1 Å². The molecule has 1 aromatic heterocycles.